The van der Waals surface area contributed by atoms with E-state index < -0.39 is 11.4 Å². The number of aliphatic hydroxyl groups is 1. The molecule has 0 aromatic heterocycles. The third-order valence-electron chi connectivity index (χ3n) is 3.92. The summed E-state index contributed by atoms with van der Waals surface area (Å²) in [6.45, 7) is 3.99. The minimum Gasteiger partial charge on any atom is -0.497 e. The molecule has 100 valence electrons. The summed E-state index contributed by atoms with van der Waals surface area (Å²) in [6.07, 6.45) is 0.875. The van der Waals surface area contributed by atoms with Crippen molar-refractivity contribution in [2.45, 2.75) is 25.9 Å². The number of thioether (sulfide) groups is 1. The van der Waals surface area contributed by atoms with E-state index in [4.69, 9.17) is 4.74 Å². The van der Waals surface area contributed by atoms with Crippen LogP contribution in [0.3, 0.4) is 0 Å². The van der Waals surface area contributed by atoms with Gasteiger partial charge >= 0.3 is 0 Å². The summed E-state index contributed by atoms with van der Waals surface area (Å²) in [5.74, 6) is 1.62. The molecule has 1 aliphatic heterocycles. The fourth-order valence-electron chi connectivity index (χ4n) is 2.35. The monoisotopic (exact) mass is 270 g/mol. The van der Waals surface area contributed by atoms with E-state index >= 15 is 0 Å². The third kappa shape index (κ3) is 2.12. The molecule has 0 amide bonds. The summed E-state index contributed by atoms with van der Waals surface area (Å²) in [6, 6.07) is 4.68. The normalized spacial score (nSPS) is 26.9. The maximum atomic E-state index is 14.2. The Morgan fingerprint density at radius 2 is 2.11 bits per heavy atom. The third-order valence-corrected chi connectivity index (χ3v) is 5.04. The zero-order valence-electron chi connectivity index (χ0n) is 11.0. The fraction of sp³-hybridized carbons (Fsp3) is 0.571. The van der Waals surface area contributed by atoms with Crippen molar-refractivity contribution in [2.24, 2.45) is 5.41 Å². The molecule has 1 aromatic rings. The van der Waals surface area contributed by atoms with Gasteiger partial charge in [0.15, 0.2) is 0 Å². The van der Waals surface area contributed by atoms with Gasteiger partial charge in [0.05, 0.1) is 7.11 Å². The average Bonchev–Trinajstić information content (AvgIpc) is 2.32. The summed E-state index contributed by atoms with van der Waals surface area (Å²) in [5, 5.41) is 10.9. The lowest BCUT2D eigenvalue weighted by Crippen LogP contribution is -2.47. The van der Waals surface area contributed by atoms with Gasteiger partial charge in [0.2, 0.25) is 0 Å². The molecule has 1 atom stereocenters. The second kappa shape index (κ2) is 4.74. The Hall–Kier alpha value is -0.740. The van der Waals surface area contributed by atoms with Gasteiger partial charge in [-0.05, 0) is 29.7 Å². The van der Waals surface area contributed by atoms with Crippen LogP contribution in [0.2, 0.25) is 0 Å². The Bertz CT molecular complexity index is 447. The topological polar surface area (TPSA) is 29.5 Å². The molecule has 0 spiro atoms. The van der Waals surface area contributed by atoms with Gasteiger partial charge in [-0.1, -0.05) is 13.8 Å². The van der Waals surface area contributed by atoms with Crippen LogP contribution in [-0.4, -0.2) is 23.7 Å². The molecular weight excluding hydrogens is 251 g/mol. The molecule has 1 N–H and O–H groups in total. The summed E-state index contributed by atoms with van der Waals surface area (Å²) in [7, 11) is 1.50. The van der Waals surface area contributed by atoms with E-state index in [2.05, 4.69) is 0 Å². The predicted molar refractivity (Wildman–Crippen MR) is 72.6 cm³/mol. The molecule has 0 radical (unpaired) electrons. The molecule has 2 nitrogen and oxygen atoms in total. The van der Waals surface area contributed by atoms with Crippen molar-refractivity contribution in [2.75, 3.05) is 18.6 Å². The molecule has 1 heterocycles. The van der Waals surface area contributed by atoms with Gasteiger partial charge in [-0.25, -0.2) is 4.39 Å². The zero-order chi connectivity index (χ0) is 13.4. The van der Waals surface area contributed by atoms with Crippen LogP contribution < -0.4 is 4.74 Å². The lowest BCUT2D eigenvalue weighted by molar-refractivity contribution is -0.0604. The lowest BCUT2D eigenvalue weighted by Gasteiger charge is -2.46. The van der Waals surface area contributed by atoms with Gasteiger partial charge in [-0.15, -0.1) is 0 Å². The number of benzene rings is 1. The zero-order valence-corrected chi connectivity index (χ0v) is 11.8. The maximum Gasteiger partial charge on any atom is 0.133 e. The van der Waals surface area contributed by atoms with Crippen LogP contribution in [0.15, 0.2) is 18.2 Å². The largest absolute Gasteiger partial charge is 0.497 e. The number of rotatable bonds is 2. The van der Waals surface area contributed by atoms with Gasteiger partial charge in [-0.3, -0.25) is 0 Å². The van der Waals surface area contributed by atoms with Crippen molar-refractivity contribution < 1.29 is 14.2 Å². The second-order valence-electron chi connectivity index (χ2n) is 5.39. The highest BCUT2D eigenvalue weighted by molar-refractivity contribution is 7.99. The van der Waals surface area contributed by atoms with Gasteiger partial charge in [-0.2, -0.15) is 11.8 Å². The average molecular weight is 270 g/mol. The minimum absolute atomic E-state index is 0.326. The molecule has 1 unspecified atom stereocenters. The first-order valence-electron chi connectivity index (χ1n) is 6.05. The Morgan fingerprint density at radius 3 is 2.67 bits per heavy atom. The Morgan fingerprint density at radius 1 is 1.39 bits per heavy atom. The number of methoxy groups -OCH3 is 1. The Kier molecular flexibility index (Phi) is 3.60. The summed E-state index contributed by atoms with van der Waals surface area (Å²) < 4.78 is 19.2. The molecule has 1 saturated heterocycles. The Labute approximate surface area is 112 Å². The first-order chi connectivity index (χ1) is 8.40. The molecule has 0 aliphatic carbocycles. The van der Waals surface area contributed by atoms with Gasteiger partial charge < -0.3 is 9.84 Å². The lowest BCUT2D eigenvalue weighted by atomic mass is 9.70. The smallest absolute Gasteiger partial charge is 0.133 e. The van der Waals surface area contributed by atoms with E-state index in [1.54, 1.807) is 23.9 Å². The van der Waals surface area contributed by atoms with Crippen molar-refractivity contribution in [1.82, 2.24) is 0 Å². The summed E-state index contributed by atoms with van der Waals surface area (Å²) >= 11 is 1.67. The number of halogens is 1. The quantitative estimate of drug-likeness (QED) is 0.895. The number of hydrogen-bond donors (Lipinski definition) is 1. The molecule has 18 heavy (non-hydrogen) atoms. The highest BCUT2D eigenvalue weighted by atomic mass is 32.2. The van der Waals surface area contributed by atoms with E-state index in [1.807, 2.05) is 13.8 Å². The van der Waals surface area contributed by atoms with Crippen molar-refractivity contribution >= 4 is 11.8 Å². The molecule has 1 fully saturated rings. The van der Waals surface area contributed by atoms with Crippen LogP contribution in [0.25, 0.3) is 0 Å². The predicted octanol–water partition coefficient (Wildman–Crippen LogP) is 3.19. The Balaban J connectivity index is 2.46. The molecule has 4 heteroatoms. The van der Waals surface area contributed by atoms with E-state index in [0.29, 0.717) is 17.1 Å². The highest BCUT2D eigenvalue weighted by Gasteiger charge is 2.48. The van der Waals surface area contributed by atoms with Crippen LogP contribution in [0.1, 0.15) is 25.8 Å². The summed E-state index contributed by atoms with van der Waals surface area (Å²) in [5.41, 5.74) is -1.07. The van der Waals surface area contributed by atoms with Crippen LogP contribution in [0.4, 0.5) is 4.39 Å². The highest BCUT2D eigenvalue weighted by Crippen LogP contribution is 2.49. The second-order valence-corrected chi connectivity index (χ2v) is 6.50. The van der Waals surface area contributed by atoms with Crippen molar-refractivity contribution in [3.8, 4) is 5.75 Å². The van der Waals surface area contributed by atoms with Gasteiger partial charge in [0, 0.05) is 17.4 Å². The van der Waals surface area contributed by atoms with Crippen molar-refractivity contribution in [1.29, 1.82) is 0 Å². The molecule has 1 aliphatic rings. The molecular formula is C14H19FO2S. The van der Waals surface area contributed by atoms with Crippen LogP contribution in [-0.2, 0) is 5.60 Å². The summed E-state index contributed by atoms with van der Waals surface area (Å²) in [4.78, 5) is 0. The van der Waals surface area contributed by atoms with Crippen LogP contribution in [0.5, 0.6) is 5.75 Å². The molecule has 2 rings (SSSR count). The molecule has 0 bridgehead atoms. The SMILES string of the molecule is COc1ccc(C2(O)CSCCC2(C)C)c(F)c1. The van der Waals surface area contributed by atoms with E-state index in [-0.39, 0.29) is 5.41 Å². The van der Waals surface area contributed by atoms with E-state index in [9.17, 15) is 9.50 Å². The number of ether oxygens (including phenoxy) is 1. The van der Waals surface area contributed by atoms with Gasteiger partial charge in [0.1, 0.15) is 17.2 Å². The van der Waals surface area contributed by atoms with Crippen molar-refractivity contribution in [3.05, 3.63) is 29.6 Å². The maximum absolute atomic E-state index is 14.2. The molecule has 1 aromatic carbocycles. The minimum atomic E-state index is -1.12. The fourth-order valence-corrected chi connectivity index (χ4v) is 3.99. The van der Waals surface area contributed by atoms with Crippen LogP contribution in [0, 0.1) is 11.2 Å². The van der Waals surface area contributed by atoms with E-state index in [1.165, 1.54) is 13.2 Å². The van der Waals surface area contributed by atoms with Crippen molar-refractivity contribution in [3.63, 3.8) is 0 Å². The standard InChI is InChI=1S/C14H19FO2S/c1-13(2)6-7-18-9-14(13,16)11-5-4-10(17-3)8-12(11)15/h4-5,8,16H,6-7,9H2,1-3H3. The number of hydrogen-bond acceptors (Lipinski definition) is 3. The first kappa shape index (κ1) is 13.7. The first-order valence-corrected chi connectivity index (χ1v) is 7.20. The van der Waals surface area contributed by atoms with E-state index in [0.717, 1.165) is 12.2 Å². The van der Waals surface area contributed by atoms with Crippen LogP contribution >= 0.6 is 11.8 Å². The van der Waals surface area contributed by atoms with Gasteiger partial charge in [0.25, 0.3) is 0 Å². The molecule has 0 saturated carbocycles.